The summed E-state index contributed by atoms with van der Waals surface area (Å²) in [5, 5.41) is 3.25. The van der Waals surface area contributed by atoms with Gasteiger partial charge in [-0.1, -0.05) is 0 Å². The van der Waals surface area contributed by atoms with Crippen molar-refractivity contribution in [3.05, 3.63) is 23.4 Å². The monoisotopic (exact) mass is 263 g/mol. The van der Waals surface area contributed by atoms with E-state index in [0.29, 0.717) is 30.5 Å². The van der Waals surface area contributed by atoms with Gasteiger partial charge < -0.3 is 15.0 Å². The van der Waals surface area contributed by atoms with Crippen molar-refractivity contribution in [3.8, 4) is 5.88 Å². The molecule has 1 amide bonds. The first kappa shape index (κ1) is 13.5. The molecule has 0 saturated carbocycles. The minimum atomic E-state index is -0.400. The van der Waals surface area contributed by atoms with Crippen LogP contribution in [0.5, 0.6) is 5.88 Å². The van der Waals surface area contributed by atoms with E-state index in [1.807, 2.05) is 6.92 Å². The van der Waals surface area contributed by atoms with Crippen molar-refractivity contribution in [2.45, 2.75) is 19.9 Å². The largest absolute Gasteiger partial charge is 0.416 e. The van der Waals surface area contributed by atoms with Gasteiger partial charge in [0.1, 0.15) is 0 Å². The second-order valence-corrected chi connectivity index (χ2v) is 4.68. The number of piperazine rings is 1. The molecule has 102 valence electrons. The Bertz CT molecular complexity index is 490. The quantitative estimate of drug-likeness (QED) is 0.806. The Morgan fingerprint density at radius 1 is 1.63 bits per heavy atom. The van der Waals surface area contributed by atoms with Crippen LogP contribution in [0, 0.1) is 6.92 Å². The Morgan fingerprint density at radius 3 is 3.05 bits per heavy atom. The Labute approximate surface area is 111 Å². The molecule has 0 aliphatic carbocycles. The van der Waals surface area contributed by atoms with Gasteiger partial charge in [0, 0.05) is 43.0 Å². The fourth-order valence-electron chi connectivity index (χ4n) is 2.00. The summed E-state index contributed by atoms with van der Waals surface area (Å²) in [4.78, 5) is 28.2. The van der Waals surface area contributed by atoms with E-state index in [0.717, 1.165) is 6.54 Å². The number of hydrogen-bond donors (Lipinski definition) is 1. The number of ether oxygens (including phenoxy) is 1. The molecule has 1 aliphatic heterocycles. The zero-order valence-corrected chi connectivity index (χ0v) is 11.0. The van der Waals surface area contributed by atoms with Crippen LogP contribution in [0.2, 0.25) is 0 Å². The van der Waals surface area contributed by atoms with Crippen LogP contribution in [0.3, 0.4) is 0 Å². The van der Waals surface area contributed by atoms with E-state index >= 15 is 0 Å². The number of carbonyl (C=O) groups is 2. The van der Waals surface area contributed by atoms with Gasteiger partial charge in [0.05, 0.1) is 0 Å². The number of pyridine rings is 1. The second-order valence-electron chi connectivity index (χ2n) is 4.68. The van der Waals surface area contributed by atoms with Crippen LogP contribution in [0.4, 0.5) is 4.79 Å². The number of amides is 1. The molecule has 2 rings (SSSR count). The van der Waals surface area contributed by atoms with E-state index in [2.05, 4.69) is 10.3 Å². The minimum Gasteiger partial charge on any atom is -0.391 e. The van der Waals surface area contributed by atoms with Crippen LogP contribution in [0.1, 0.15) is 22.8 Å². The fourth-order valence-corrected chi connectivity index (χ4v) is 2.00. The molecule has 6 heteroatoms. The first-order valence-corrected chi connectivity index (χ1v) is 6.22. The highest BCUT2D eigenvalue weighted by molar-refractivity contribution is 5.75. The molecule has 0 spiro atoms. The van der Waals surface area contributed by atoms with E-state index in [4.69, 9.17) is 4.74 Å². The molecule has 0 aromatic carbocycles. The molecule has 6 nitrogen and oxygen atoms in total. The highest BCUT2D eigenvalue weighted by atomic mass is 16.6. The van der Waals surface area contributed by atoms with Crippen molar-refractivity contribution in [2.75, 3.05) is 19.6 Å². The molecule has 1 aromatic heterocycles. The summed E-state index contributed by atoms with van der Waals surface area (Å²) in [6, 6.07) is 1.90. The van der Waals surface area contributed by atoms with Crippen LogP contribution >= 0.6 is 0 Å². The van der Waals surface area contributed by atoms with Crippen molar-refractivity contribution in [1.82, 2.24) is 15.2 Å². The molecule has 1 aliphatic rings. The van der Waals surface area contributed by atoms with Gasteiger partial charge in [0.25, 0.3) is 0 Å². The summed E-state index contributed by atoms with van der Waals surface area (Å²) < 4.78 is 5.26. The predicted octanol–water partition coefficient (Wildman–Crippen LogP) is 0.995. The van der Waals surface area contributed by atoms with E-state index in [1.54, 1.807) is 17.9 Å². The lowest BCUT2D eigenvalue weighted by Gasteiger charge is -2.30. The molecule has 1 N–H and O–H groups in total. The average Bonchev–Trinajstić information content (AvgIpc) is 2.41. The first-order valence-electron chi connectivity index (χ1n) is 6.22. The number of aldehydes is 1. The second kappa shape index (κ2) is 5.79. The van der Waals surface area contributed by atoms with Crippen molar-refractivity contribution in [1.29, 1.82) is 0 Å². The van der Waals surface area contributed by atoms with Gasteiger partial charge in [-0.25, -0.2) is 9.78 Å². The van der Waals surface area contributed by atoms with Crippen molar-refractivity contribution < 1.29 is 14.3 Å². The van der Waals surface area contributed by atoms with Crippen molar-refractivity contribution in [3.63, 3.8) is 0 Å². The van der Waals surface area contributed by atoms with E-state index in [-0.39, 0.29) is 11.9 Å². The molecular weight excluding hydrogens is 246 g/mol. The zero-order chi connectivity index (χ0) is 13.8. The van der Waals surface area contributed by atoms with Gasteiger partial charge in [-0.05, 0) is 19.9 Å². The SMILES string of the molecule is Cc1cc(C=O)cnc1OC(=O)N1CCNC(C)C1. The Hall–Kier alpha value is -1.95. The third-order valence-corrected chi connectivity index (χ3v) is 3.00. The van der Waals surface area contributed by atoms with Crippen LogP contribution < -0.4 is 10.1 Å². The van der Waals surface area contributed by atoms with E-state index < -0.39 is 6.09 Å². The number of nitrogens with zero attached hydrogens (tertiary/aromatic N) is 2. The lowest BCUT2D eigenvalue weighted by molar-refractivity contribution is 0.112. The maximum atomic E-state index is 12.0. The van der Waals surface area contributed by atoms with E-state index in [9.17, 15) is 9.59 Å². The maximum absolute atomic E-state index is 12.0. The standard InChI is InChI=1S/C13H17N3O3/c1-9-5-11(8-17)6-15-12(9)19-13(18)16-4-3-14-10(2)7-16/h5-6,8,10,14H,3-4,7H2,1-2H3. The smallest absolute Gasteiger partial charge is 0.391 e. The Kier molecular flexibility index (Phi) is 4.11. The van der Waals surface area contributed by atoms with Gasteiger partial charge in [-0.2, -0.15) is 0 Å². The number of rotatable bonds is 2. The minimum absolute atomic E-state index is 0.252. The lowest BCUT2D eigenvalue weighted by Crippen LogP contribution is -2.52. The van der Waals surface area contributed by atoms with Gasteiger partial charge in [-0.3, -0.25) is 4.79 Å². The van der Waals surface area contributed by atoms with E-state index in [1.165, 1.54) is 6.20 Å². The summed E-state index contributed by atoms with van der Waals surface area (Å²) >= 11 is 0. The normalized spacial score (nSPS) is 19.1. The fraction of sp³-hybridized carbons (Fsp3) is 0.462. The van der Waals surface area contributed by atoms with Gasteiger partial charge in [0.2, 0.25) is 5.88 Å². The van der Waals surface area contributed by atoms with Crippen molar-refractivity contribution >= 4 is 12.4 Å². The van der Waals surface area contributed by atoms with Crippen LogP contribution in [0.25, 0.3) is 0 Å². The summed E-state index contributed by atoms with van der Waals surface area (Å²) in [7, 11) is 0. The molecule has 0 bridgehead atoms. The Morgan fingerprint density at radius 2 is 2.42 bits per heavy atom. The van der Waals surface area contributed by atoms with Crippen LogP contribution in [0.15, 0.2) is 12.3 Å². The predicted molar refractivity (Wildman–Crippen MR) is 69.4 cm³/mol. The van der Waals surface area contributed by atoms with Gasteiger partial charge in [0.15, 0.2) is 6.29 Å². The summed E-state index contributed by atoms with van der Waals surface area (Å²) in [5.41, 5.74) is 1.13. The van der Waals surface area contributed by atoms with Crippen LogP contribution in [-0.2, 0) is 0 Å². The molecule has 1 unspecified atom stereocenters. The molecule has 2 heterocycles. The molecule has 19 heavy (non-hydrogen) atoms. The topological polar surface area (TPSA) is 71.5 Å². The summed E-state index contributed by atoms with van der Waals surface area (Å²) in [5.74, 6) is 0.252. The maximum Gasteiger partial charge on any atom is 0.416 e. The molecular formula is C13H17N3O3. The first-order chi connectivity index (χ1) is 9.10. The third-order valence-electron chi connectivity index (χ3n) is 3.00. The Balaban J connectivity index is 2.04. The molecule has 1 atom stereocenters. The molecule has 1 aromatic rings. The average molecular weight is 263 g/mol. The molecule has 1 fully saturated rings. The number of hydrogen-bond acceptors (Lipinski definition) is 5. The zero-order valence-electron chi connectivity index (χ0n) is 11.0. The number of nitrogens with one attached hydrogen (secondary N) is 1. The number of aryl methyl sites for hydroxylation is 1. The van der Waals surface area contributed by atoms with Crippen molar-refractivity contribution in [2.24, 2.45) is 0 Å². The van der Waals surface area contributed by atoms with Crippen LogP contribution in [-0.4, -0.2) is 47.9 Å². The van der Waals surface area contributed by atoms with Gasteiger partial charge in [-0.15, -0.1) is 0 Å². The molecule has 0 radical (unpaired) electrons. The highest BCUT2D eigenvalue weighted by Crippen LogP contribution is 2.16. The number of carbonyl (C=O) groups excluding carboxylic acids is 2. The van der Waals surface area contributed by atoms with Gasteiger partial charge >= 0.3 is 6.09 Å². The number of aromatic nitrogens is 1. The molecule has 1 saturated heterocycles. The third kappa shape index (κ3) is 3.29. The summed E-state index contributed by atoms with van der Waals surface area (Å²) in [6.07, 6.45) is 1.70. The highest BCUT2D eigenvalue weighted by Gasteiger charge is 2.22. The lowest BCUT2D eigenvalue weighted by atomic mass is 10.2. The summed E-state index contributed by atoms with van der Waals surface area (Å²) in [6.45, 7) is 5.76.